The van der Waals surface area contributed by atoms with Crippen LogP contribution >= 0.6 is 0 Å². The smallest absolute Gasteiger partial charge is 0.263 e. The van der Waals surface area contributed by atoms with Crippen molar-refractivity contribution >= 4 is 11.8 Å². The van der Waals surface area contributed by atoms with Crippen molar-refractivity contribution in [2.45, 2.75) is 19.8 Å². The van der Waals surface area contributed by atoms with Crippen molar-refractivity contribution in [3.63, 3.8) is 0 Å². The first-order valence-corrected chi connectivity index (χ1v) is 6.69. The highest BCUT2D eigenvalue weighted by Crippen LogP contribution is 2.13. The summed E-state index contributed by atoms with van der Waals surface area (Å²) in [5, 5.41) is 7.31. The zero-order valence-corrected chi connectivity index (χ0v) is 12.1. The molecule has 0 aliphatic carbocycles. The van der Waals surface area contributed by atoms with E-state index in [4.69, 9.17) is 11.1 Å². The molecule has 2 aromatic rings. The fraction of sp³-hybridized carbons (Fsp3) is 0.188. The Morgan fingerprint density at radius 3 is 2.67 bits per heavy atom. The van der Waals surface area contributed by atoms with Crippen LogP contribution in [0.2, 0.25) is 0 Å². The van der Waals surface area contributed by atoms with E-state index in [0.29, 0.717) is 22.7 Å². The molecule has 2 aromatic heterocycles. The molecule has 0 saturated heterocycles. The molecule has 0 saturated carbocycles. The lowest BCUT2D eigenvalue weighted by Gasteiger charge is -2.09. The molecule has 0 atom stereocenters. The molecule has 5 nitrogen and oxygen atoms in total. The molecule has 0 aliphatic rings. The van der Waals surface area contributed by atoms with Crippen molar-refractivity contribution in [3.8, 4) is 5.69 Å². The van der Waals surface area contributed by atoms with Gasteiger partial charge in [-0.05, 0) is 30.2 Å². The maximum Gasteiger partial charge on any atom is 0.263 e. The minimum atomic E-state index is -0.225. The van der Waals surface area contributed by atoms with E-state index in [0.717, 1.165) is 11.9 Å². The van der Waals surface area contributed by atoms with E-state index < -0.39 is 0 Å². The van der Waals surface area contributed by atoms with Crippen LogP contribution < -0.4 is 11.3 Å². The van der Waals surface area contributed by atoms with Gasteiger partial charge in [-0.3, -0.25) is 14.3 Å². The zero-order valence-electron chi connectivity index (χ0n) is 12.1. The number of hydrogen-bond acceptors (Lipinski definition) is 4. The molecular formula is C16H18N4O. The average molecular weight is 282 g/mol. The molecule has 3 N–H and O–H groups in total. The number of hydrogen-bond donors (Lipinski definition) is 2. The van der Waals surface area contributed by atoms with Gasteiger partial charge in [-0.25, -0.2) is 0 Å². The quantitative estimate of drug-likeness (QED) is 0.844. The molecule has 0 aliphatic heterocycles. The Morgan fingerprint density at radius 2 is 2.14 bits per heavy atom. The highest BCUT2D eigenvalue weighted by molar-refractivity contribution is 6.07. The monoisotopic (exact) mass is 282 g/mol. The molecule has 21 heavy (non-hydrogen) atoms. The molecule has 0 amide bonds. The second-order valence-corrected chi connectivity index (χ2v) is 4.96. The van der Waals surface area contributed by atoms with Gasteiger partial charge in [0.2, 0.25) is 0 Å². The molecule has 5 heteroatoms. The summed E-state index contributed by atoms with van der Waals surface area (Å²) in [4.78, 5) is 16.8. The summed E-state index contributed by atoms with van der Waals surface area (Å²) in [7, 11) is 0. The van der Waals surface area contributed by atoms with E-state index in [1.54, 1.807) is 24.5 Å². The SMILES string of the molecule is CC(C)c1ccc(-n2cccc(/C(C=N)=C/N)c2=O)cn1. The molecule has 108 valence electrons. The van der Waals surface area contributed by atoms with Gasteiger partial charge >= 0.3 is 0 Å². The predicted molar refractivity (Wildman–Crippen MR) is 84.9 cm³/mol. The third-order valence-electron chi connectivity index (χ3n) is 3.23. The molecule has 0 radical (unpaired) electrons. The van der Waals surface area contributed by atoms with Crippen LogP contribution in [0.15, 0.2) is 47.7 Å². The second-order valence-electron chi connectivity index (χ2n) is 4.96. The van der Waals surface area contributed by atoms with Gasteiger partial charge in [0.05, 0.1) is 17.4 Å². The summed E-state index contributed by atoms with van der Waals surface area (Å²) in [6.45, 7) is 4.13. The molecule has 2 rings (SSSR count). The second kappa shape index (κ2) is 6.17. The lowest BCUT2D eigenvalue weighted by Crippen LogP contribution is -2.21. The summed E-state index contributed by atoms with van der Waals surface area (Å²) in [5.41, 5.74) is 7.67. The molecule has 0 aromatic carbocycles. The molecular weight excluding hydrogens is 264 g/mol. The first kappa shape index (κ1) is 14.7. The highest BCUT2D eigenvalue weighted by atomic mass is 16.1. The molecule has 2 heterocycles. The van der Waals surface area contributed by atoms with Gasteiger partial charge in [-0.1, -0.05) is 13.8 Å². The molecule has 0 bridgehead atoms. The van der Waals surface area contributed by atoms with Crippen LogP contribution in [0, 0.1) is 5.41 Å². The van der Waals surface area contributed by atoms with Gasteiger partial charge in [0.1, 0.15) is 0 Å². The summed E-state index contributed by atoms with van der Waals surface area (Å²) < 4.78 is 1.50. The normalized spacial score (nSPS) is 11.7. The Bertz CT molecular complexity index is 727. The van der Waals surface area contributed by atoms with E-state index in [2.05, 4.69) is 18.8 Å². The van der Waals surface area contributed by atoms with Crippen LogP contribution in [0.25, 0.3) is 11.3 Å². The lowest BCUT2D eigenvalue weighted by molar-refractivity contribution is 0.818. The number of rotatable bonds is 4. The summed E-state index contributed by atoms with van der Waals surface area (Å²) in [5.74, 6) is 0.340. The van der Waals surface area contributed by atoms with Gasteiger partial charge in [-0.15, -0.1) is 0 Å². The van der Waals surface area contributed by atoms with E-state index >= 15 is 0 Å². The Hall–Kier alpha value is -2.69. The predicted octanol–water partition coefficient (Wildman–Crippen LogP) is 2.31. The van der Waals surface area contributed by atoms with E-state index in [-0.39, 0.29) is 5.56 Å². The van der Waals surface area contributed by atoms with Gasteiger partial charge in [-0.2, -0.15) is 0 Å². The topological polar surface area (TPSA) is 84.8 Å². The summed E-state index contributed by atoms with van der Waals surface area (Å²) >= 11 is 0. The first-order valence-electron chi connectivity index (χ1n) is 6.69. The molecule has 0 spiro atoms. The minimum Gasteiger partial charge on any atom is -0.404 e. The Kier molecular flexibility index (Phi) is 4.33. The Labute approximate surface area is 123 Å². The Balaban J connectivity index is 2.53. The van der Waals surface area contributed by atoms with Gasteiger partial charge in [0.15, 0.2) is 0 Å². The van der Waals surface area contributed by atoms with Crippen molar-refractivity contribution < 1.29 is 0 Å². The number of aromatic nitrogens is 2. The summed E-state index contributed by atoms with van der Waals surface area (Å²) in [6, 6.07) is 7.18. The van der Waals surface area contributed by atoms with Crippen LogP contribution in [0.5, 0.6) is 0 Å². The number of pyridine rings is 2. The van der Waals surface area contributed by atoms with E-state index in [9.17, 15) is 4.79 Å². The van der Waals surface area contributed by atoms with Gasteiger partial charge in [0.25, 0.3) is 5.56 Å². The van der Waals surface area contributed by atoms with Gasteiger partial charge in [0, 0.05) is 29.9 Å². The maximum atomic E-state index is 12.5. The van der Waals surface area contributed by atoms with E-state index in [1.165, 1.54) is 10.8 Å². The number of nitrogens with zero attached hydrogens (tertiary/aromatic N) is 2. The van der Waals surface area contributed by atoms with Crippen molar-refractivity contribution in [2.24, 2.45) is 5.73 Å². The van der Waals surface area contributed by atoms with Crippen LogP contribution in [0.4, 0.5) is 0 Å². The fourth-order valence-corrected chi connectivity index (χ4v) is 2.01. The molecule has 0 unspecified atom stereocenters. The zero-order chi connectivity index (χ0) is 15.4. The highest BCUT2D eigenvalue weighted by Gasteiger charge is 2.08. The fourth-order valence-electron chi connectivity index (χ4n) is 2.01. The van der Waals surface area contributed by atoms with Crippen molar-refractivity contribution in [2.75, 3.05) is 0 Å². The number of nitrogens with one attached hydrogen (secondary N) is 1. The maximum absolute atomic E-state index is 12.5. The average Bonchev–Trinajstić information content (AvgIpc) is 2.50. The van der Waals surface area contributed by atoms with Crippen LogP contribution in [0.3, 0.4) is 0 Å². The van der Waals surface area contributed by atoms with Crippen LogP contribution in [0.1, 0.15) is 31.0 Å². The number of allylic oxidation sites excluding steroid dienone is 1. The summed E-state index contributed by atoms with van der Waals surface area (Å²) in [6.07, 6.45) is 5.68. The minimum absolute atomic E-state index is 0.225. The first-order chi connectivity index (χ1) is 10.1. The molecule has 0 fully saturated rings. The van der Waals surface area contributed by atoms with E-state index in [1.807, 2.05) is 12.1 Å². The van der Waals surface area contributed by atoms with Crippen molar-refractivity contribution in [1.82, 2.24) is 9.55 Å². The Morgan fingerprint density at radius 1 is 1.38 bits per heavy atom. The van der Waals surface area contributed by atoms with Crippen LogP contribution in [-0.4, -0.2) is 15.8 Å². The number of nitrogens with two attached hydrogens (primary N) is 1. The van der Waals surface area contributed by atoms with Crippen molar-refractivity contribution in [1.29, 1.82) is 5.41 Å². The largest absolute Gasteiger partial charge is 0.404 e. The van der Waals surface area contributed by atoms with Gasteiger partial charge < -0.3 is 11.1 Å². The lowest BCUT2D eigenvalue weighted by atomic mass is 10.1. The third-order valence-corrected chi connectivity index (χ3v) is 3.23. The van der Waals surface area contributed by atoms with Crippen LogP contribution in [-0.2, 0) is 0 Å². The standard InChI is InChI=1S/C16H18N4O/c1-11(2)15-6-5-13(10-19-15)20-7-3-4-14(16(20)21)12(8-17)9-18/h3-11,17H,18H2,1-2H3/b12-9+,17-8?. The third kappa shape index (κ3) is 2.91. The van der Waals surface area contributed by atoms with Crippen molar-refractivity contribution in [3.05, 3.63) is 64.5 Å².